The Morgan fingerprint density at radius 2 is 2.00 bits per heavy atom. The average molecular weight is 395 g/mol. The van der Waals surface area contributed by atoms with Crippen molar-refractivity contribution in [2.75, 3.05) is 23.3 Å². The number of nitro benzene ring substituents is 1. The van der Waals surface area contributed by atoms with Gasteiger partial charge in [-0.3, -0.25) is 14.9 Å². The Morgan fingerprint density at radius 3 is 2.62 bits per heavy atom. The number of amides is 1. The fourth-order valence-corrected chi connectivity index (χ4v) is 3.13. The van der Waals surface area contributed by atoms with Gasteiger partial charge in [0, 0.05) is 30.9 Å². The summed E-state index contributed by atoms with van der Waals surface area (Å²) in [6, 6.07) is 9.70. The van der Waals surface area contributed by atoms with Crippen LogP contribution < -0.4 is 10.2 Å². The fourth-order valence-electron chi connectivity index (χ4n) is 3.13. The Labute approximate surface area is 167 Å². The Bertz CT molecular complexity index is 1030. The van der Waals surface area contributed by atoms with E-state index in [4.69, 9.17) is 0 Å². The summed E-state index contributed by atoms with van der Waals surface area (Å²) in [7, 11) is 0. The van der Waals surface area contributed by atoms with Crippen LogP contribution in [0.3, 0.4) is 0 Å². The predicted molar refractivity (Wildman–Crippen MR) is 109 cm³/mol. The molecule has 0 saturated carbocycles. The molecule has 1 amide bonds. The molecule has 2 aromatic carbocycles. The van der Waals surface area contributed by atoms with E-state index < -0.39 is 10.8 Å². The number of non-ortho nitro benzene ring substituents is 1. The number of hydrogen-bond acceptors (Lipinski definition) is 7. The van der Waals surface area contributed by atoms with E-state index in [0.29, 0.717) is 24.5 Å². The molecule has 10 nitrogen and oxygen atoms in total. The standard InChI is InChI=1S/C19H21N7O3/c1-4-24(5-2)18-10-9-14(26(28)29)11-15(18)19(27)21-16-7-6-8-17(13(16)3)25-12-20-22-23-25/h6-12H,4-5H2,1-3H3,(H,21,27). The molecule has 3 rings (SSSR count). The minimum absolute atomic E-state index is 0.134. The largest absolute Gasteiger partial charge is 0.371 e. The van der Waals surface area contributed by atoms with Gasteiger partial charge in [-0.15, -0.1) is 5.10 Å². The van der Waals surface area contributed by atoms with Gasteiger partial charge in [-0.1, -0.05) is 6.07 Å². The number of rotatable bonds is 7. The fraction of sp³-hybridized carbons (Fsp3) is 0.263. The number of tetrazole rings is 1. The molecule has 0 bridgehead atoms. The van der Waals surface area contributed by atoms with Gasteiger partial charge in [0.25, 0.3) is 11.6 Å². The number of aromatic nitrogens is 4. The van der Waals surface area contributed by atoms with Gasteiger partial charge in [0.15, 0.2) is 0 Å². The molecule has 0 saturated heterocycles. The number of hydrogen-bond donors (Lipinski definition) is 1. The summed E-state index contributed by atoms with van der Waals surface area (Å²) in [5, 5.41) is 25.2. The zero-order valence-corrected chi connectivity index (χ0v) is 16.4. The van der Waals surface area contributed by atoms with Crippen molar-refractivity contribution in [3.05, 3.63) is 64.0 Å². The highest BCUT2D eigenvalue weighted by Crippen LogP contribution is 2.28. The van der Waals surface area contributed by atoms with E-state index in [1.165, 1.54) is 23.1 Å². The van der Waals surface area contributed by atoms with Crippen LogP contribution >= 0.6 is 0 Å². The molecule has 0 fully saturated rings. The van der Waals surface area contributed by atoms with Crippen LogP contribution in [0.25, 0.3) is 5.69 Å². The maximum Gasteiger partial charge on any atom is 0.270 e. The minimum Gasteiger partial charge on any atom is -0.371 e. The third-order valence-corrected chi connectivity index (χ3v) is 4.69. The Kier molecular flexibility index (Phi) is 5.82. The highest BCUT2D eigenvalue weighted by Gasteiger charge is 2.20. The van der Waals surface area contributed by atoms with Crippen molar-refractivity contribution in [1.29, 1.82) is 0 Å². The zero-order valence-electron chi connectivity index (χ0n) is 16.4. The Morgan fingerprint density at radius 1 is 1.24 bits per heavy atom. The normalized spacial score (nSPS) is 10.6. The molecular weight excluding hydrogens is 374 g/mol. The van der Waals surface area contributed by atoms with Gasteiger partial charge in [-0.2, -0.15) is 0 Å². The maximum atomic E-state index is 13.1. The van der Waals surface area contributed by atoms with Gasteiger partial charge in [0.2, 0.25) is 0 Å². The van der Waals surface area contributed by atoms with Crippen LogP contribution in [0, 0.1) is 17.0 Å². The first kappa shape index (κ1) is 19.9. The molecule has 150 valence electrons. The lowest BCUT2D eigenvalue weighted by Crippen LogP contribution is -2.26. The first-order valence-electron chi connectivity index (χ1n) is 9.14. The summed E-state index contributed by atoms with van der Waals surface area (Å²) >= 11 is 0. The number of nitrogens with one attached hydrogen (secondary N) is 1. The number of nitrogens with zero attached hydrogens (tertiary/aromatic N) is 6. The van der Waals surface area contributed by atoms with Crippen molar-refractivity contribution in [2.45, 2.75) is 20.8 Å². The second kappa shape index (κ2) is 8.46. The van der Waals surface area contributed by atoms with Gasteiger partial charge in [0.1, 0.15) is 6.33 Å². The van der Waals surface area contributed by atoms with Crippen molar-refractivity contribution in [2.24, 2.45) is 0 Å². The maximum absolute atomic E-state index is 13.1. The van der Waals surface area contributed by atoms with Crippen LogP contribution in [0.1, 0.15) is 29.8 Å². The van der Waals surface area contributed by atoms with Crippen LogP contribution in [0.15, 0.2) is 42.7 Å². The molecule has 29 heavy (non-hydrogen) atoms. The van der Waals surface area contributed by atoms with Crippen molar-refractivity contribution in [3.8, 4) is 5.69 Å². The van der Waals surface area contributed by atoms with E-state index in [-0.39, 0.29) is 11.3 Å². The molecule has 10 heteroatoms. The number of benzene rings is 2. The number of carbonyl (C=O) groups is 1. The molecule has 0 aliphatic carbocycles. The molecular formula is C19H21N7O3. The van der Waals surface area contributed by atoms with Gasteiger partial charge in [0.05, 0.1) is 21.9 Å². The molecule has 1 aromatic heterocycles. The summed E-state index contributed by atoms with van der Waals surface area (Å²) in [6.45, 7) is 7.11. The Hall–Kier alpha value is -3.82. The molecule has 3 aromatic rings. The third-order valence-electron chi connectivity index (χ3n) is 4.69. The highest BCUT2D eigenvalue weighted by atomic mass is 16.6. The summed E-state index contributed by atoms with van der Waals surface area (Å²) < 4.78 is 1.50. The SMILES string of the molecule is CCN(CC)c1ccc([N+](=O)[O-])cc1C(=O)Nc1cccc(-n2cnnn2)c1C. The van der Waals surface area contributed by atoms with Crippen LogP contribution in [0.5, 0.6) is 0 Å². The monoisotopic (exact) mass is 395 g/mol. The predicted octanol–water partition coefficient (Wildman–Crippen LogP) is 2.98. The first-order chi connectivity index (χ1) is 14.0. The second-order valence-corrected chi connectivity index (χ2v) is 6.29. The van der Waals surface area contributed by atoms with Crippen LogP contribution in [0.2, 0.25) is 0 Å². The molecule has 0 aliphatic heterocycles. The molecule has 1 N–H and O–H groups in total. The molecule has 0 unspecified atom stereocenters. The summed E-state index contributed by atoms with van der Waals surface area (Å²) in [5.41, 5.74) is 2.81. The molecule has 1 heterocycles. The molecule has 0 atom stereocenters. The van der Waals surface area contributed by atoms with Crippen LogP contribution in [0.4, 0.5) is 17.1 Å². The quantitative estimate of drug-likeness (QED) is 0.482. The summed E-state index contributed by atoms with van der Waals surface area (Å²) in [5.74, 6) is -0.424. The van der Waals surface area contributed by atoms with Gasteiger partial charge in [-0.05, 0) is 55.0 Å². The molecule has 0 radical (unpaired) electrons. The third kappa shape index (κ3) is 4.05. The first-order valence-corrected chi connectivity index (χ1v) is 9.14. The van der Waals surface area contributed by atoms with Crippen molar-refractivity contribution in [1.82, 2.24) is 20.2 Å². The van der Waals surface area contributed by atoms with Crippen molar-refractivity contribution in [3.63, 3.8) is 0 Å². The van der Waals surface area contributed by atoms with Gasteiger partial charge >= 0.3 is 0 Å². The summed E-state index contributed by atoms with van der Waals surface area (Å²) in [6.07, 6.45) is 1.47. The lowest BCUT2D eigenvalue weighted by atomic mass is 10.1. The minimum atomic E-state index is -0.508. The lowest BCUT2D eigenvalue weighted by Gasteiger charge is -2.23. The van der Waals surface area contributed by atoms with E-state index in [2.05, 4.69) is 20.8 Å². The van der Waals surface area contributed by atoms with E-state index in [1.54, 1.807) is 18.2 Å². The zero-order chi connectivity index (χ0) is 21.0. The van der Waals surface area contributed by atoms with Crippen LogP contribution in [-0.4, -0.2) is 44.1 Å². The van der Waals surface area contributed by atoms with Crippen molar-refractivity contribution < 1.29 is 9.72 Å². The van der Waals surface area contributed by atoms with Crippen molar-refractivity contribution >= 4 is 23.0 Å². The van der Waals surface area contributed by atoms with Gasteiger partial charge < -0.3 is 10.2 Å². The molecule has 0 spiro atoms. The lowest BCUT2D eigenvalue weighted by molar-refractivity contribution is -0.384. The van der Waals surface area contributed by atoms with Crippen LogP contribution in [-0.2, 0) is 0 Å². The highest BCUT2D eigenvalue weighted by molar-refractivity contribution is 6.09. The van der Waals surface area contributed by atoms with E-state index >= 15 is 0 Å². The Balaban J connectivity index is 2.00. The smallest absolute Gasteiger partial charge is 0.270 e. The average Bonchev–Trinajstić information content (AvgIpc) is 3.25. The van der Waals surface area contributed by atoms with Gasteiger partial charge in [-0.25, -0.2) is 4.68 Å². The van der Waals surface area contributed by atoms with E-state index in [1.807, 2.05) is 31.7 Å². The topological polar surface area (TPSA) is 119 Å². The molecule has 0 aliphatic rings. The number of anilines is 2. The van der Waals surface area contributed by atoms with E-state index in [0.717, 1.165) is 11.3 Å². The second-order valence-electron chi connectivity index (χ2n) is 6.29. The van der Waals surface area contributed by atoms with E-state index in [9.17, 15) is 14.9 Å². The number of carbonyl (C=O) groups excluding carboxylic acids is 1. The number of nitro groups is 1. The summed E-state index contributed by atoms with van der Waals surface area (Å²) in [4.78, 5) is 25.8.